The highest BCUT2D eigenvalue weighted by Crippen LogP contribution is 2.29. The number of nitrogens with zero attached hydrogens (tertiary/aromatic N) is 1. The van der Waals surface area contributed by atoms with Crippen LogP contribution in [0.3, 0.4) is 0 Å². The van der Waals surface area contributed by atoms with Crippen molar-refractivity contribution in [3.8, 4) is 5.75 Å². The van der Waals surface area contributed by atoms with Crippen LogP contribution >= 0.6 is 11.3 Å². The maximum absolute atomic E-state index is 11.6. The summed E-state index contributed by atoms with van der Waals surface area (Å²) >= 11 is 1.43. The van der Waals surface area contributed by atoms with Crippen LogP contribution in [0.25, 0.3) is 10.2 Å². The predicted molar refractivity (Wildman–Crippen MR) is 74.2 cm³/mol. The zero-order valence-electron chi connectivity index (χ0n) is 10.5. The molecule has 1 amide bonds. The van der Waals surface area contributed by atoms with E-state index >= 15 is 0 Å². The van der Waals surface area contributed by atoms with Crippen molar-refractivity contribution in [1.82, 2.24) is 4.98 Å². The topological polar surface area (TPSA) is 51.2 Å². The molecule has 0 unspecified atom stereocenters. The number of amides is 1. The van der Waals surface area contributed by atoms with E-state index in [2.05, 4.69) is 10.3 Å². The summed E-state index contributed by atoms with van der Waals surface area (Å²) in [7, 11) is 1.62. The summed E-state index contributed by atoms with van der Waals surface area (Å²) in [6.07, 6.45) is 1.55. The molecule has 0 aliphatic carbocycles. The van der Waals surface area contributed by atoms with Gasteiger partial charge in [-0.25, -0.2) is 4.98 Å². The first-order chi connectivity index (χ1) is 8.58. The van der Waals surface area contributed by atoms with Crippen molar-refractivity contribution in [2.45, 2.75) is 13.8 Å². The van der Waals surface area contributed by atoms with Crippen molar-refractivity contribution in [2.75, 3.05) is 12.4 Å². The Morgan fingerprint density at radius 2 is 2.22 bits per heavy atom. The average Bonchev–Trinajstić information content (AvgIpc) is 2.68. The van der Waals surface area contributed by atoms with Gasteiger partial charge in [0.1, 0.15) is 5.75 Å². The largest absolute Gasteiger partial charge is 0.497 e. The lowest BCUT2D eigenvalue weighted by atomic mass is 10.3. The summed E-state index contributed by atoms with van der Waals surface area (Å²) in [4.78, 5) is 15.9. The van der Waals surface area contributed by atoms with Crippen molar-refractivity contribution < 1.29 is 9.53 Å². The quantitative estimate of drug-likeness (QED) is 0.864. The van der Waals surface area contributed by atoms with Gasteiger partial charge in [0.25, 0.3) is 0 Å². The van der Waals surface area contributed by atoms with E-state index in [1.54, 1.807) is 13.2 Å². The smallest absolute Gasteiger partial charge is 0.250 e. The van der Waals surface area contributed by atoms with E-state index in [9.17, 15) is 4.79 Å². The number of allylic oxidation sites excluding steroid dienone is 1. The van der Waals surface area contributed by atoms with E-state index in [0.717, 1.165) is 21.5 Å². The van der Waals surface area contributed by atoms with Gasteiger partial charge in [-0.3, -0.25) is 10.1 Å². The number of benzene rings is 1. The zero-order chi connectivity index (χ0) is 13.1. The molecule has 0 saturated heterocycles. The third kappa shape index (κ3) is 2.87. The molecule has 2 aromatic rings. The summed E-state index contributed by atoms with van der Waals surface area (Å²) in [5.74, 6) is 0.634. The van der Waals surface area contributed by atoms with Gasteiger partial charge in [0.05, 0.1) is 17.3 Å². The van der Waals surface area contributed by atoms with Crippen LogP contribution in [-0.2, 0) is 4.79 Å². The lowest BCUT2D eigenvalue weighted by Gasteiger charge is -1.96. The van der Waals surface area contributed by atoms with Crippen molar-refractivity contribution in [3.05, 3.63) is 29.8 Å². The minimum absolute atomic E-state index is 0.152. The highest BCUT2D eigenvalue weighted by molar-refractivity contribution is 7.22. The van der Waals surface area contributed by atoms with Crippen LogP contribution in [-0.4, -0.2) is 18.0 Å². The van der Waals surface area contributed by atoms with Crippen LogP contribution in [0, 0.1) is 0 Å². The lowest BCUT2D eigenvalue weighted by molar-refractivity contribution is -0.111. The molecule has 2 rings (SSSR count). The Morgan fingerprint density at radius 3 is 2.89 bits per heavy atom. The summed E-state index contributed by atoms with van der Waals surface area (Å²) < 4.78 is 6.14. The second-order valence-electron chi connectivity index (χ2n) is 4.06. The first kappa shape index (κ1) is 12.6. The summed E-state index contributed by atoms with van der Waals surface area (Å²) in [5.41, 5.74) is 1.81. The van der Waals surface area contributed by atoms with Crippen molar-refractivity contribution in [2.24, 2.45) is 0 Å². The fourth-order valence-electron chi connectivity index (χ4n) is 1.49. The third-order valence-corrected chi connectivity index (χ3v) is 3.18. The Kier molecular flexibility index (Phi) is 3.62. The number of hydrogen-bond acceptors (Lipinski definition) is 4. The molecular weight excluding hydrogens is 248 g/mol. The van der Waals surface area contributed by atoms with Crippen molar-refractivity contribution >= 4 is 32.6 Å². The number of ether oxygens (including phenoxy) is 1. The van der Waals surface area contributed by atoms with Crippen LogP contribution in [0.4, 0.5) is 5.13 Å². The molecule has 0 aliphatic rings. The molecule has 5 heteroatoms. The van der Waals surface area contributed by atoms with Gasteiger partial charge < -0.3 is 4.74 Å². The molecule has 0 aliphatic heterocycles. The van der Waals surface area contributed by atoms with E-state index in [-0.39, 0.29) is 5.91 Å². The molecule has 0 fully saturated rings. The standard InChI is InChI=1S/C13H14N2O2S/c1-8(2)6-12(16)15-13-14-10-5-4-9(17-3)7-11(10)18-13/h4-7H,1-3H3,(H,14,15,16). The van der Waals surface area contributed by atoms with Crippen LogP contribution in [0.15, 0.2) is 29.8 Å². The first-order valence-electron chi connectivity index (χ1n) is 5.49. The van der Waals surface area contributed by atoms with Gasteiger partial charge in [-0.05, 0) is 32.0 Å². The number of methoxy groups -OCH3 is 1. The van der Waals surface area contributed by atoms with Gasteiger partial charge in [-0.15, -0.1) is 0 Å². The molecule has 0 bridgehead atoms. The van der Waals surface area contributed by atoms with Gasteiger partial charge in [-0.1, -0.05) is 16.9 Å². The van der Waals surface area contributed by atoms with Crippen LogP contribution in [0.2, 0.25) is 0 Å². The summed E-state index contributed by atoms with van der Waals surface area (Å²) in [5, 5.41) is 3.35. The number of anilines is 1. The Balaban J connectivity index is 2.25. The molecule has 0 saturated carbocycles. The van der Waals surface area contributed by atoms with E-state index in [1.807, 2.05) is 32.0 Å². The number of aromatic nitrogens is 1. The Hall–Kier alpha value is -1.88. The Bertz CT molecular complexity index is 612. The van der Waals surface area contributed by atoms with Gasteiger partial charge in [0.15, 0.2) is 5.13 Å². The fourth-order valence-corrected chi connectivity index (χ4v) is 2.39. The predicted octanol–water partition coefficient (Wildman–Crippen LogP) is 3.21. The molecule has 1 N–H and O–H groups in total. The average molecular weight is 262 g/mol. The van der Waals surface area contributed by atoms with Crippen molar-refractivity contribution in [1.29, 1.82) is 0 Å². The molecule has 0 spiro atoms. The number of nitrogens with one attached hydrogen (secondary N) is 1. The highest BCUT2D eigenvalue weighted by Gasteiger charge is 2.06. The minimum Gasteiger partial charge on any atom is -0.497 e. The summed E-state index contributed by atoms with van der Waals surface area (Å²) in [6, 6.07) is 5.63. The zero-order valence-corrected chi connectivity index (χ0v) is 11.3. The normalized spacial score (nSPS) is 10.2. The minimum atomic E-state index is -0.152. The molecule has 1 aromatic carbocycles. The van der Waals surface area contributed by atoms with Gasteiger partial charge in [0, 0.05) is 6.08 Å². The lowest BCUT2D eigenvalue weighted by Crippen LogP contribution is -2.07. The first-order valence-corrected chi connectivity index (χ1v) is 6.30. The number of thiazole rings is 1. The van der Waals surface area contributed by atoms with E-state index < -0.39 is 0 Å². The van der Waals surface area contributed by atoms with E-state index in [4.69, 9.17) is 4.74 Å². The number of carbonyl (C=O) groups excluding carboxylic acids is 1. The second-order valence-corrected chi connectivity index (χ2v) is 5.09. The maximum atomic E-state index is 11.6. The molecule has 18 heavy (non-hydrogen) atoms. The number of carbonyl (C=O) groups is 1. The van der Waals surface area contributed by atoms with Gasteiger partial charge >= 0.3 is 0 Å². The number of rotatable bonds is 3. The molecule has 0 atom stereocenters. The molecule has 1 aromatic heterocycles. The highest BCUT2D eigenvalue weighted by atomic mass is 32.1. The Labute approximate surface area is 109 Å². The molecule has 1 heterocycles. The molecular formula is C13H14N2O2S. The van der Waals surface area contributed by atoms with Crippen LogP contribution in [0.1, 0.15) is 13.8 Å². The third-order valence-electron chi connectivity index (χ3n) is 2.25. The van der Waals surface area contributed by atoms with Gasteiger partial charge in [0.2, 0.25) is 5.91 Å². The fraction of sp³-hybridized carbons (Fsp3) is 0.231. The number of fused-ring (bicyclic) bond motifs is 1. The SMILES string of the molecule is COc1ccc2nc(NC(=O)C=C(C)C)sc2c1. The van der Waals surface area contributed by atoms with Crippen LogP contribution < -0.4 is 10.1 Å². The second kappa shape index (κ2) is 5.18. The monoisotopic (exact) mass is 262 g/mol. The molecule has 4 nitrogen and oxygen atoms in total. The number of hydrogen-bond donors (Lipinski definition) is 1. The molecule has 0 radical (unpaired) electrons. The summed E-state index contributed by atoms with van der Waals surface area (Å²) in [6.45, 7) is 3.76. The maximum Gasteiger partial charge on any atom is 0.250 e. The van der Waals surface area contributed by atoms with Gasteiger partial charge in [-0.2, -0.15) is 0 Å². The van der Waals surface area contributed by atoms with E-state index in [1.165, 1.54) is 11.3 Å². The molecule has 94 valence electrons. The van der Waals surface area contributed by atoms with E-state index in [0.29, 0.717) is 5.13 Å². The Morgan fingerprint density at radius 1 is 1.44 bits per heavy atom. The van der Waals surface area contributed by atoms with Crippen LogP contribution in [0.5, 0.6) is 5.75 Å². The van der Waals surface area contributed by atoms with Crippen molar-refractivity contribution in [3.63, 3.8) is 0 Å².